The highest BCUT2D eigenvalue weighted by molar-refractivity contribution is 5.99. The summed E-state index contributed by atoms with van der Waals surface area (Å²) in [6, 6.07) is 1.71. The second-order valence-corrected chi connectivity index (χ2v) is 4.15. The van der Waals surface area contributed by atoms with Gasteiger partial charge in [0, 0.05) is 25.8 Å². The van der Waals surface area contributed by atoms with E-state index in [1.807, 2.05) is 6.92 Å². The summed E-state index contributed by atoms with van der Waals surface area (Å²) in [5, 5.41) is 12.6. The van der Waals surface area contributed by atoms with Gasteiger partial charge in [-0.25, -0.2) is 0 Å². The molecule has 92 valence electrons. The summed E-state index contributed by atoms with van der Waals surface area (Å²) < 4.78 is 0. The molecule has 1 saturated heterocycles. The van der Waals surface area contributed by atoms with Gasteiger partial charge in [-0.1, -0.05) is 0 Å². The SMILES string of the molecule is CCNc1cnccc1C(=O)N1CCC(O)C1. The Morgan fingerprint density at radius 3 is 3.18 bits per heavy atom. The quantitative estimate of drug-likeness (QED) is 0.810. The van der Waals surface area contributed by atoms with E-state index >= 15 is 0 Å². The molecule has 17 heavy (non-hydrogen) atoms. The van der Waals surface area contributed by atoms with E-state index in [1.54, 1.807) is 23.4 Å². The summed E-state index contributed by atoms with van der Waals surface area (Å²) in [5.41, 5.74) is 1.37. The van der Waals surface area contributed by atoms with Crippen LogP contribution in [0.4, 0.5) is 5.69 Å². The minimum absolute atomic E-state index is 0.0418. The molecule has 2 heterocycles. The van der Waals surface area contributed by atoms with Crippen molar-refractivity contribution < 1.29 is 9.90 Å². The number of carbonyl (C=O) groups is 1. The van der Waals surface area contributed by atoms with Crippen molar-refractivity contribution in [1.82, 2.24) is 9.88 Å². The predicted octanol–water partition coefficient (Wildman–Crippen LogP) is 0.720. The van der Waals surface area contributed by atoms with Crippen LogP contribution in [-0.2, 0) is 0 Å². The van der Waals surface area contributed by atoms with Crippen molar-refractivity contribution in [2.45, 2.75) is 19.4 Å². The van der Waals surface area contributed by atoms with Crippen LogP contribution >= 0.6 is 0 Å². The average molecular weight is 235 g/mol. The normalized spacial score (nSPS) is 19.4. The number of aliphatic hydroxyl groups excluding tert-OH is 1. The number of anilines is 1. The zero-order valence-electron chi connectivity index (χ0n) is 9.89. The molecule has 2 N–H and O–H groups in total. The Kier molecular flexibility index (Phi) is 3.58. The van der Waals surface area contributed by atoms with Gasteiger partial charge in [-0.05, 0) is 19.4 Å². The van der Waals surface area contributed by atoms with Gasteiger partial charge in [0.05, 0.1) is 23.6 Å². The summed E-state index contributed by atoms with van der Waals surface area (Å²) in [7, 11) is 0. The number of rotatable bonds is 3. The molecule has 0 radical (unpaired) electrons. The maximum absolute atomic E-state index is 12.2. The molecule has 0 bridgehead atoms. The van der Waals surface area contributed by atoms with Crippen LogP contribution in [0, 0.1) is 0 Å². The average Bonchev–Trinajstić information content (AvgIpc) is 2.76. The summed E-state index contributed by atoms with van der Waals surface area (Å²) in [6.07, 6.45) is 3.54. The lowest BCUT2D eigenvalue weighted by atomic mass is 10.2. The highest BCUT2D eigenvalue weighted by Gasteiger charge is 2.26. The Labute approximate surface area is 100 Å². The van der Waals surface area contributed by atoms with Gasteiger partial charge in [0.15, 0.2) is 0 Å². The van der Waals surface area contributed by atoms with E-state index in [2.05, 4.69) is 10.3 Å². The van der Waals surface area contributed by atoms with Crippen molar-refractivity contribution >= 4 is 11.6 Å². The molecule has 0 aromatic carbocycles. The van der Waals surface area contributed by atoms with Gasteiger partial charge in [0.1, 0.15) is 0 Å². The monoisotopic (exact) mass is 235 g/mol. The highest BCUT2D eigenvalue weighted by atomic mass is 16.3. The number of hydrogen-bond acceptors (Lipinski definition) is 4. The molecule has 1 aliphatic heterocycles. The lowest BCUT2D eigenvalue weighted by Gasteiger charge is -2.17. The fraction of sp³-hybridized carbons (Fsp3) is 0.500. The molecule has 0 aliphatic carbocycles. The fourth-order valence-corrected chi connectivity index (χ4v) is 2.01. The molecular formula is C12H17N3O2. The molecule has 1 unspecified atom stereocenters. The molecular weight excluding hydrogens is 218 g/mol. The number of likely N-dealkylation sites (tertiary alicyclic amines) is 1. The van der Waals surface area contributed by atoms with Crippen LogP contribution in [0.1, 0.15) is 23.7 Å². The van der Waals surface area contributed by atoms with E-state index in [0.29, 0.717) is 25.1 Å². The van der Waals surface area contributed by atoms with E-state index < -0.39 is 0 Å². The van der Waals surface area contributed by atoms with E-state index in [4.69, 9.17) is 0 Å². The zero-order valence-corrected chi connectivity index (χ0v) is 9.89. The van der Waals surface area contributed by atoms with E-state index in [1.165, 1.54) is 0 Å². The van der Waals surface area contributed by atoms with Gasteiger partial charge in [-0.2, -0.15) is 0 Å². The second-order valence-electron chi connectivity index (χ2n) is 4.15. The molecule has 1 aromatic heterocycles. The summed E-state index contributed by atoms with van der Waals surface area (Å²) in [4.78, 5) is 17.9. The number of nitrogens with zero attached hydrogens (tertiary/aromatic N) is 2. The van der Waals surface area contributed by atoms with Gasteiger partial charge in [-0.15, -0.1) is 0 Å². The number of nitrogens with one attached hydrogen (secondary N) is 1. The third-order valence-electron chi connectivity index (χ3n) is 2.87. The van der Waals surface area contributed by atoms with Crippen LogP contribution in [0.25, 0.3) is 0 Å². The van der Waals surface area contributed by atoms with Crippen LogP contribution in [0.3, 0.4) is 0 Å². The number of aromatic nitrogens is 1. The number of hydrogen-bond donors (Lipinski definition) is 2. The van der Waals surface area contributed by atoms with Crippen LogP contribution in [-0.4, -0.2) is 46.6 Å². The smallest absolute Gasteiger partial charge is 0.256 e. The Hall–Kier alpha value is -1.62. The number of aliphatic hydroxyl groups is 1. The first-order valence-corrected chi connectivity index (χ1v) is 5.87. The Bertz CT molecular complexity index is 408. The van der Waals surface area contributed by atoms with Crippen molar-refractivity contribution in [1.29, 1.82) is 0 Å². The molecule has 1 atom stereocenters. The van der Waals surface area contributed by atoms with E-state index in [0.717, 1.165) is 12.2 Å². The summed E-state index contributed by atoms with van der Waals surface area (Å²) in [5.74, 6) is -0.0418. The molecule has 1 aromatic rings. The highest BCUT2D eigenvalue weighted by Crippen LogP contribution is 2.19. The molecule has 5 nitrogen and oxygen atoms in total. The van der Waals surface area contributed by atoms with Crippen LogP contribution in [0.5, 0.6) is 0 Å². The van der Waals surface area contributed by atoms with Gasteiger partial charge >= 0.3 is 0 Å². The van der Waals surface area contributed by atoms with Gasteiger partial charge < -0.3 is 15.3 Å². The van der Waals surface area contributed by atoms with Crippen LogP contribution < -0.4 is 5.32 Å². The number of pyridine rings is 1. The maximum atomic E-state index is 12.2. The van der Waals surface area contributed by atoms with Crippen molar-refractivity contribution in [3.05, 3.63) is 24.0 Å². The van der Waals surface area contributed by atoms with Crippen LogP contribution in [0.2, 0.25) is 0 Å². The number of amides is 1. The maximum Gasteiger partial charge on any atom is 0.256 e. The van der Waals surface area contributed by atoms with Gasteiger partial charge in [0.25, 0.3) is 5.91 Å². The Balaban J connectivity index is 2.18. The predicted molar refractivity (Wildman–Crippen MR) is 64.9 cm³/mol. The number of carbonyl (C=O) groups excluding carboxylic acids is 1. The van der Waals surface area contributed by atoms with Gasteiger partial charge in [0.2, 0.25) is 0 Å². The summed E-state index contributed by atoms with van der Waals surface area (Å²) >= 11 is 0. The van der Waals surface area contributed by atoms with Crippen molar-refractivity contribution in [3.63, 3.8) is 0 Å². The zero-order chi connectivity index (χ0) is 12.3. The van der Waals surface area contributed by atoms with E-state index in [9.17, 15) is 9.90 Å². The molecule has 5 heteroatoms. The lowest BCUT2D eigenvalue weighted by molar-refractivity contribution is 0.0766. The topological polar surface area (TPSA) is 65.5 Å². The molecule has 0 spiro atoms. The molecule has 0 saturated carbocycles. The molecule has 1 fully saturated rings. The van der Waals surface area contributed by atoms with Gasteiger partial charge in [-0.3, -0.25) is 9.78 Å². The second kappa shape index (κ2) is 5.14. The van der Waals surface area contributed by atoms with Crippen molar-refractivity contribution in [3.8, 4) is 0 Å². The molecule has 1 aliphatic rings. The van der Waals surface area contributed by atoms with E-state index in [-0.39, 0.29) is 12.0 Å². The van der Waals surface area contributed by atoms with Crippen LogP contribution in [0.15, 0.2) is 18.5 Å². The molecule has 1 amide bonds. The lowest BCUT2D eigenvalue weighted by Crippen LogP contribution is -2.30. The Morgan fingerprint density at radius 2 is 2.53 bits per heavy atom. The fourth-order valence-electron chi connectivity index (χ4n) is 2.01. The minimum Gasteiger partial charge on any atom is -0.391 e. The van der Waals surface area contributed by atoms with Crippen molar-refractivity contribution in [2.75, 3.05) is 25.0 Å². The first-order chi connectivity index (χ1) is 8.22. The first-order valence-electron chi connectivity index (χ1n) is 5.87. The minimum atomic E-state index is -0.386. The standard InChI is InChI=1S/C12H17N3O2/c1-2-14-11-7-13-5-3-10(11)12(17)15-6-4-9(16)8-15/h3,5,7,9,14,16H,2,4,6,8H2,1H3. The largest absolute Gasteiger partial charge is 0.391 e. The molecule has 2 rings (SSSR count). The summed E-state index contributed by atoms with van der Waals surface area (Å²) in [6.45, 7) is 3.76. The number of β-amino-alcohol motifs (C(OH)–C–C–N with tert-alkyl or cyclic N) is 1. The third kappa shape index (κ3) is 2.55. The van der Waals surface area contributed by atoms with Crippen molar-refractivity contribution in [2.24, 2.45) is 0 Å². The Morgan fingerprint density at radius 1 is 1.71 bits per heavy atom. The third-order valence-corrected chi connectivity index (χ3v) is 2.87. The first kappa shape index (κ1) is 11.9.